The molecule has 1 fully saturated rings. The molecule has 0 saturated carbocycles. The molecular formula is C21H23N3O4S. The molecule has 0 aromatic heterocycles. The normalized spacial score (nSPS) is 18.6. The van der Waals surface area contributed by atoms with Crippen molar-refractivity contribution in [3.8, 4) is 5.75 Å². The van der Waals surface area contributed by atoms with E-state index in [1.807, 2.05) is 32.0 Å². The third kappa shape index (κ3) is 4.22. The molecular weight excluding hydrogens is 390 g/mol. The molecule has 7 nitrogen and oxygen atoms in total. The monoisotopic (exact) mass is 413 g/mol. The van der Waals surface area contributed by atoms with E-state index < -0.39 is 23.4 Å². The highest BCUT2D eigenvalue weighted by Gasteiger charge is 2.50. The number of nitrogens with zero attached hydrogens (tertiary/aromatic N) is 1. The van der Waals surface area contributed by atoms with Crippen LogP contribution in [0.5, 0.6) is 5.75 Å². The van der Waals surface area contributed by atoms with Gasteiger partial charge in [0.2, 0.25) is 5.91 Å². The summed E-state index contributed by atoms with van der Waals surface area (Å²) in [5.41, 5.74) is 4.05. The summed E-state index contributed by atoms with van der Waals surface area (Å²) in [5.74, 6) is -0.255. The van der Waals surface area contributed by atoms with Crippen LogP contribution < -0.4 is 15.5 Å². The Balaban J connectivity index is 1.65. The van der Waals surface area contributed by atoms with E-state index in [4.69, 9.17) is 4.74 Å². The Hall–Kier alpha value is -3.00. The molecule has 0 aliphatic carbocycles. The number of ether oxygens (including phenoxy) is 1. The summed E-state index contributed by atoms with van der Waals surface area (Å²) in [7, 11) is 1.55. The second-order valence-electron chi connectivity index (χ2n) is 6.99. The molecule has 2 N–H and O–H groups in total. The highest BCUT2D eigenvalue weighted by atomic mass is 32.2. The zero-order valence-electron chi connectivity index (χ0n) is 16.7. The molecule has 1 atom stereocenters. The van der Waals surface area contributed by atoms with Crippen molar-refractivity contribution >= 4 is 29.6 Å². The van der Waals surface area contributed by atoms with Crippen LogP contribution in [-0.2, 0) is 15.1 Å². The van der Waals surface area contributed by atoms with Crippen LogP contribution in [-0.4, -0.2) is 35.7 Å². The van der Waals surface area contributed by atoms with Gasteiger partial charge in [0.05, 0.1) is 12.9 Å². The maximum atomic E-state index is 12.9. The molecule has 1 aliphatic rings. The fourth-order valence-electron chi connectivity index (χ4n) is 2.97. The van der Waals surface area contributed by atoms with Gasteiger partial charge in [-0.15, -0.1) is 11.8 Å². The van der Waals surface area contributed by atoms with Crippen molar-refractivity contribution in [2.75, 3.05) is 12.9 Å². The molecule has 0 radical (unpaired) electrons. The van der Waals surface area contributed by atoms with E-state index in [2.05, 4.69) is 10.7 Å². The minimum atomic E-state index is -1.27. The van der Waals surface area contributed by atoms with Gasteiger partial charge in [-0.1, -0.05) is 18.2 Å². The maximum Gasteiger partial charge on any atom is 0.344 e. The lowest BCUT2D eigenvalue weighted by Crippen LogP contribution is -2.48. The van der Waals surface area contributed by atoms with E-state index in [-0.39, 0.29) is 5.75 Å². The van der Waals surface area contributed by atoms with Crippen LogP contribution in [0, 0.1) is 13.8 Å². The number of hydrazine groups is 1. The molecule has 0 unspecified atom stereocenters. The smallest absolute Gasteiger partial charge is 0.344 e. The van der Waals surface area contributed by atoms with Gasteiger partial charge >= 0.3 is 6.03 Å². The predicted octanol–water partition coefficient (Wildman–Crippen LogP) is 2.90. The van der Waals surface area contributed by atoms with Gasteiger partial charge in [0, 0.05) is 4.90 Å². The van der Waals surface area contributed by atoms with Crippen LogP contribution >= 0.6 is 11.8 Å². The Morgan fingerprint density at radius 1 is 1.14 bits per heavy atom. The summed E-state index contributed by atoms with van der Waals surface area (Å²) in [6, 6.07) is 12.1. The zero-order valence-corrected chi connectivity index (χ0v) is 17.6. The molecule has 0 bridgehead atoms. The summed E-state index contributed by atoms with van der Waals surface area (Å²) >= 11 is 1.34. The molecule has 4 amide bonds. The fraction of sp³-hybridized carbons (Fsp3) is 0.286. The van der Waals surface area contributed by atoms with Crippen molar-refractivity contribution < 1.29 is 19.1 Å². The molecule has 3 rings (SSSR count). The van der Waals surface area contributed by atoms with Crippen LogP contribution in [0.3, 0.4) is 0 Å². The van der Waals surface area contributed by atoms with Crippen molar-refractivity contribution in [2.24, 2.45) is 0 Å². The number of hydrogen-bond acceptors (Lipinski definition) is 5. The number of aryl methyl sites for hydroxylation is 2. The minimum absolute atomic E-state index is 0.0822. The van der Waals surface area contributed by atoms with Crippen molar-refractivity contribution in [1.82, 2.24) is 15.8 Å². The Kier molecular flexibility index (Phi) is 5.83. The van der Waals surface area contributed by atoms with E-state index in [9.17, 15) is 14.4 Å². The molecule has 1 aliphatic heterocycles. The number of imide groups is 1. The number of hydrogen-bond donors (Lipinski definition) is 2. The molecule has 2 aromatic rings. The molecule has 1 saturated heterocycles. The third-order valence-electron chi connectivity index (χ3n) is 4.94. The minimum Gasteiger partial charge on any atom is -0.497 e. The third-order valence-corrected chi connectivity index (χ3v) is 5.94. The van der Waals surface area contributed by atoms with Crippen molar-refractivity contribution in [3.05, 3.63) is 59.2 Å². The van der Waals surface area contributed by atoms with Gasteiger partial charge in [-0.2, -0.15) is 5.01 Å². The first-order valence-corrected chi connectivity index (χ1v) is 10.0. The first-order valence-electron chi connectivity index (χ1n) is 9.05. The molecule has 0 spiro atoms. The van der Waals surface area contributed by atoms with Crippen LogP contribution in [0.2, 0.25) is 0 Å². The Labute approximate surface area is 173 Å². The number of amides is 4. The first-order chi connectivity index (χ1) is 13.7. The molecule has 152 valence electrons. The number of benzene rings is 2. The summed E-state index contributed by atoms with van der Waals surface area (Å²) in [6.45, 7) is 5.63. The zero-order chi connectivity index (χ0) is 21.2. The summed E-state index contributed by atoms with van der Waals surface area (Å²) < 4.78 is 5.12. The standard InChI is InChI=1S/C21H23N3O4S/c1-13-5-10-17(11-14(13)2)29-12-18(25)23-24-19(26)21(3,22-20(24)27)15-6-8-16(28-4)9-7-15/h5-11H,12H2,1-4H3,(H,22,27)(H,23,25)/t21-/m1/s1. The molecule has 1 heterocycles. The van der Waals surface area contributed by atoms with Gasteiger partial charge in [-0.25, -0.2) is 4.79 Å². The largest absolute Gasteiger partial charge is 0.497 e. The fourth-order valence-corrected chi connectivity index (χ4v) is 3.76. The Morgan fingerprint density at radius 2 is 1.83 bits per heavy atom. The van der Waals surface area contributed by atoms with E-state index >= 15 is 0 Å². The number of carbonyl (C=O) groups is 3. The maximum absolute atomic E-state index is 12.9. The average molecular weight is 413 g/mol. The van der Waals surface area contributed by atoms with Crippen LogP contribution in [0.1, 0.15) is 23.6 Å². The lowest BCUT2D eigenvalue weighted by atomic mass is 9.92. The topological polar surface area (TPSA) is 87.7 Å². The number of nitrogens with one attached hydrogen (secondary N) is 2. The van der Waals surface area contributed by atoms with E-state index in [1.165, 1.54) is 17.3 Å². The van der Waals surface area contributed by atoms with E-state index in [0.717, 1.165) is 15.5 Å². The highest BCUT2D eigenvalue weighted by Crippen LogP contribution is 2.29. The SMILES string of the molecule is COc1ccc([C@@]2(C)NC(=O)N(NC(=O)CSc3ccc(C)c(C)c3)C2=O)cc1. The van der Waals surface area contributed by atoms with Gasteiger partial charge in [0.15, 0.2) is 0 Å². The number of methoxy groups -OCH3 is 1. The number of rotatable bonds is 6. The quantitative estimate of drug-likeness (QED) is 0.562. The van der Waals surface area contributed by atoms with Gasteiger partial charge in [0.25, 0.3) is 5.91 Å². The van der Waals surface area contributed by atoms with Gasteiger partial charge in [-0.3, -0.25) is 15.0 Å². The number of carbonyl (C=O) groups excluding carboxylic acids is 3. The van der Waals surface area contributed by atoms with Crippen LogP contribution in [0.15, 0.2) is 47.4 Å². The lowest BCUT2D eigenvalue weighted by molar-refractivity contribution is -0.138. The van der Waals surface area contributed by atoms with Crippen molar-refractivity contribution in [3.63, 3.8) is 0 Å². The Bertz CT molecular complexity index is 961. The second-order valence-corrected chi connectivity index (χ2v) is 8.04. The van der Waals surface area contributed by atoms with Crippen LogP contribution in [0.4, 0.5) is 4.79 Å². The molecule has 2 aromatic carbocycles. The predicted molar refractivity (Wildman–Crippen MR) is 111 cm³/mol. The average Bonchev–Trinajstić information content (AvgIpc) is 2.93. The molecule has 8 heteroatoms. The van der Waals surface area contributed by atoms with Crippen LogP contribution in [0.25, 0.3) is 0 Å². The highest BCUT2D eigenvalue weighted by molar-refractivity contribution is 8.00. The summed E-state index contributed by atoms with van der Waals surface area (Å²) in [4.78, 5) is 38.5. The van der Waals surface area contributed by atoms with E-state index in [1.54, 1.807) is 38.3 Å². The van der Waals surface area contributed by atoms with Crippen molar-refractivity contribution in [1.29, 1.82) is 0 Å². The lowest BCUT2D eigenvalue weighted by Gasteiger charge is -2.22. The molecule has 29 heavy (non-hydrogen) atoms. The number of thioether (sulfide) groups is 1. The van der Waals surface area contributed by atoms with Gasteiger partial charge in [-0.05, 0) is 61.7 Å². The van der Waals surface area contributed by atoms with Crippen molar-refractivity contribution in [2.45, 2.75) is 31.2 Å². The Morgan fingerprint density at radius 3 is 2.45 bits per heavy atom. The number of urea groups is 1. The second kappa shape index (κ2) is 8.16. The first kappa shape index (κ1) is 20.7. The van der Waals surface area contributed by atoms with Gasteiger partial charge < -0.3 is 10.1 Å². The summed E-state index contributed by atoms with van der Waals surface area (Å²) in [5, 5.41) is 3.40. The summed E-state index contributed by atoms with van der Waals surface area (Å²) in [6.07, 6.45) is 0. The van der Waals surface area contributed by atoms with Gasteiger partial charge in [0.1, 0.15) is 11.3 Å². The van der Waals surface area contributed by atoms with E-state index in [0.29, 0.717) is 11.3 Å².